The number of hydrogen-bond acceptors (Lipinski definition) is 6. The molecule has 0 atom stereocenters. The molecule has 172 valence electrons. The molecular formula is C20H32IN7O2S. The first-order valence-corrected chi connectivity index (χ1v) is 11.0. The molecule has 11 heteroatoms. The normalized spacial score (nSPS) is 14.6. The molecular weight excluding hydrogens is 529 g/mol. The van der Waals surface area contributed by atoms with Crippen molar-refractivity contribution in [1.82, 2.24) is 30.3 Å². The van der Waals surface area contributed by atoms with E-state index in [1.165, 1.54) is 4.88 Å². The predicted molar refractivity (Wildman–Crippen MR) is 133 cm³/mol. The second kappa shape index (κ2) is 11.1. The number of rotatable bonds is 6. The third kappa shape index (κ3) is 7.63. The first-order chi connectivity index (χ1) is 14.2. The number of hydrogen-bond donors (Lipinski definition) is 2. The Labute approximate surface area is 204 Å². The van der Waals surface area contributed by atoms with Gasteiger partial charge < -0.3 is 24.8 Å². The minimum atomic E-state index is -0.486. The van der Waals surface area contributed by atoms with Crippen molar-refractivity contribution in [2.45, 2.75) is 52.3 Å². The molecule has 0 aromatic carbocycles. The molecule has 1 saturated heterocycles. The van der Waals surface area contributed by atoms with Crippen LogP contribution >= 0.6 is 35.3 Å². The molecule has 1 aliphatic rings. The number of aliphatic imine (C=N–C) groups is 1. The minimum absolute atomic E-state index is 0. The molecule has 0 bridgehead atoms. The highest BCUT2D eigenvalue weighted by atomic mass is 127. The number of aryl methyl sites for hydroxylation is 1. The number of amides is 1. The second-order valence-electron chi connectivity index (χ2n) is 8.37. The average Bonchev–Trinajstić information content (AvgIpc) is 3.24. The van der Waals surface area contributed by atoms with Crippen LogP contribution in [0, 0.1) is 6.92 Å². The van der Waals surface area contributed by atoms with Crippen molar-refractivity contribution in [2.75, 3.05) is 19.6 Å². The molecule has 2 aromatic heterocycles. The number of thiophene rings is 1. The van der Waals surface area contributed by atoms with Gasteiger partial charge in [-0.15, -0.1) is 45.5 Å². The minimum Gasteiger partial charge on any atom is -0.444 e. The van der Waals surface area contributed by atoms with Gasteiger partial charge in [0, 0.05) is 31.6 Å². The van der Waals surface area contributed by atoms with Crippen LogP contribution in [0.3, 0.4) is 0 Å². The molecule has 0 aliphatic carbocycles. The number of halogens is 1. The Morgan fingerprint density at radius 1 is 1.35 bits per heavy atom. The van der Waals surface area contributed by atoms with Crippen molar-refractivity contribution in [3.63, 3.8) is 0 Å². The maximum atomic E-state index is 12.1. The third-order valence-corrected chi connectivity index (χ3v) is 5.62. The van der Waals surface area contributed by atoms with Crippen LogP contribution in [-0.2, 0) is 24.8 Å². The van der Waals surface area contributed by atoms with Crippen LogP contribution in [0.5, 0.6) is 0 Å². The van der Waals surface area contributed by atoms with E-state index in [0.717, 1.165) is 24.6 Å². The van der Waals surface area contributed by atoms with Gasteiger partial charge in [0.05, 0.1) is 6.04 Å². The number of carbonyl (C=O) groups excluding carboxylic acids is 1. The van der Waals surface area contributed by atoms with E-state index in [4.69, 9.17) is 4.74 Å². The van der Waals surface area contributed by atoms with Crippen LogP contribution in [0.25, 0.3) is 0 Å². The Morgan fingerprint density at radius 3 is 2.68 bits per heavy atom. The topological polar surface area (TPSA) is 96.7 Å². The van der Waals surface area contributed by atoms with Crippen molar-refractivity contribution < 1.29 is 9.53 Å². The lowest BCUT2D eigenvalue weighted by Gasteiger charge is -2.40. The van der Waals surface area contributed by atoms with Crippen molar-refractivity contribution in [3.8, 4) is 0 Å². The fourth-order valence-corrected chi connectivity index (χ4v) is 3.60. The van der Waals surface area contributed by atoms with Crippen molar-refractivity contribution in [1.29, 1.82) is 0 Å². The molecule has 0 saturated carbocycles. The van der Waals surface area contributed by atoms with Gasteiger partial charge in [-0.1, -0.05) is 6.07 Å². The number of aromatic nitrogens is 3. The van der Waals surface area contributed by atoms with Gasteiger partial charge in [-0.3, -0.25) is 0 Å². The molecule has 1 fully saturated rings. The molecule has 3 rings (SSSR count). The van der Waals surface area contributed by atoms with Crippen molar-refractivity contribution >= 4 is 47.4 Å². The summed E-state index contributed by atoms with van der Waals surface area (Å²) in [6.07, 6.45) is 0.648. The zero-order chi connectivity index (χ0) is 21.7. The SMILES string of the molecule is Cc1nnc(CN=C(NCCc2cccs2)NC2CN(C(=O)OC(C)(C)C)C2)n1C.I. The summed E-state index contributed by atoms with van der Waals surface area (Å²) < 4.78 is 7.35. The van der Waals surface area contributed by atoms with E-state index in [9.17, 15) is 4.79 Å². The molecule has 3 heterocycles. The summed E-state index contributed by atoms with van der Waals surface area (Å²) in [6.45, 7) is 9.90. The highest BCUT2D eigenvalue weighted by Crippen LogP contribution is 2.15. The van der Waals surface area contributed by atoms with Crippen LogP contribution in [0.2, 0.25) is 0 Å². The lowest BCUT2D eigenvalue weighted by Crippen LogP contribution is -2.63. The monoisotopic (exact) mass is 561 g/mol. The Hall–Kier alpha value is -1.89. The van der Waals surface area contributed by atoms with E-state index in [1.807, 2.05) is 39.3 Å². The Kier molecular flexibility index (Phi) is 9.10. The first-order valence-electron chi connectivity index (χ1n) is 10.1. The van der Waals surface area contributed by atoms with Gasteiger partial charge in [0.2, 0.25) is 0 Å². The van der Waals surface area contributed by atoms with Gasteiger partial charge in [-0.05, 0) is 45.6 Å². The third-order valence-electron chi connectivity index (χ3n) is 4.68. The molecule has 2 aromatic rings. The van der Waals surface area contributed by atoms with Gasteiger partial charge >= 0.3 is 6.09 Å². The van der Waals surface area contributed by atoms with Crippen LogP contribution in [-0.4, -0.2) is 63.0 Å². The number of carbonyl (C=O) groups is 1. The molecule has 2 N–H and O–H groups in total. The number of likely N-dealkylation sites (tertiary alicyclic amines) is 1. The summed E-state index contributed by atoms with van der Waals surface area (Å²) in [5.41, 5.74) is -0.486. The molecule has 0 unspecified atom stereocenters. The van der Waals surface area contributed by atoms with Crippen molar-refractivity contribution in [2.24, 2.45) is 12.0 Å². The fraction of sp³-hybridized carbons (Fsp3) is 0.600. The van der Waals surface area contributed by atoms with Gasteiger partial charge in [-0.25, -0.2) is 9.79 Å². The lowest BCUT2D eigenvalue weighted by atomic mass is 10.1. The van der Waals surface area contributed by atoms with Crippen LogP contribution < -0.4 is 10.6 Å². The zero-order valence-electron chi connectivity index (χ0n) is 18.7. The zero-order valence-corrected chi connectivity index (χ0v) is 21.9. The number of nitrogens with zero attached hydrogens (tertiary/aromatic N) is 5. The highest BCUT2D eigenvalue weighted by molar-refractivity contribution is 14.0. The van der Waals surface area contributed by atoms with Gasteiger partial charge in [0.1, 0.15) is 18.0 Å². The number of ether oxygens (including phenoxy) is 1. The molecule has 1 aliphatic heterocycles. The lowest BCUT2D eigenvalue weighted by molar-refractivity contribution is 0.00700. The maximum absolute atomic E-state index is 12.1. The number of nitrogens with one attached hydrogen (secondary N) is 2. The van der Waals surface area contributed by atoms with E-state index in [1.54, 1.807) is 16.2 Å². The van der Waals surface area contributed by atoms with E-state index >= 15 is 0 Å². The predicted octanol–water partition coefficient (Wildman–Crippen LogP) is 2.70. The summed E-state index contributed by atoms with van der Waals surface area (Å²) in [5.74, 6) is 2.37. The van der Waals surface area contributed by atoms with Crippen LogP contribution in [0.1, 0.15) is 37.3 Å². The second-order valence-corrected chi connectivity index (χ2v) is 9.40. The first kappa shape index (κ1) is 25.4. The Balaban J connectivity index is 0.00000341. The van der Waals surface area contributed by atoms with E-state index in [2.05, 4.69) is 43.3 Å². The summed E-state index contributed by atoms with van der Waals surface area (Å²) >= 11 is 1.75. The molecule has 1 amide bonds. The molecule has 31 heavy (non-hydrogen) atoms. The Morgan fingerprint density at radius 2 is 2.10 bits per heavy atom. The van der Waals surface area contributed by atoms with Crippen LogP contribution in [0.15, 0.2) is 22.5 Å². The average molecular weight is 561 g/mol. The standard InChI is InChI=1S/C20H31N7O2S.HI/c1-14-24-25-17(26(14)5)11-22-18(21-9-8-16-7-6-10-30-16)23-15-12-27(13-15)19(28)29-20(2,3)4;/h6-7,10,15H,8-9,11-13H2,1-5H3,(H2,21,22,23);1H. The molecule has 9 nitrogen and oxygen atoms in total. The number of guanidine groups is 1. The summed E-state index contributed by atoms with van der Waals surface area (Å²) in [7, 11) is 1.93. The summed E-state index contributed by atoms with van der Waals surface area (Å²) in [6, 6.07) is 4.32. The van der Waals surface area contributed by atoms with E-state index in [0.29, 0.717) is 25.6 Å². The van der Waals surface area contributed by atoms with E-state index < -0.39 is 5.60 Å². The maximum Gasteiger partial charge on any atom is 0.410 e. The smallest absolute Gasteiger partial charge is 0.410 e. The molecule has 0 radical (unpaired) electrons. The van der Waals surface area contributed by atoms with Crippen molar-refractivity contribution in [3.05, 3.63) is 34.0 Å². The fourth-order valence-electron chi connectivity index (χ4n) is 2.89. The Bertz CT molecular complexity index is 871. The largest absolute Gasteiger partial charge is 0.444 e. The van der Waals surface area contributed by atoms with Crippen LogP contribution in [0.4, 0.5) is 4.79 Å². The van der Waals surface area contributed by atoms with Gasteiger partial charge in [-0.2, -0.15) is 0 Å². The summed E-state index contributed by atoms with van der Waals surface area (Å²) in [5, 5.41) is 17.1. The quantitative estimate of drug-likeness (QED) is 0.320. The molecule has 0 spiro atoms. The van der Waals surface area contributed by atoms with Gasteiger partial charge in [0.15, 0.2) is 11.8 Å². The highest BCUT2D eigenvalue weighted by Gasteiger charge is 2.34. The van der Waals surface area contributed by atoms with E-state index in [-0.39, 0.29) is 36.1 Å². The van der Waals surface area contributed by atoms with Gasteiger partial charge in [0.25, 0.3) is 0 Å². The summed E-state index contributed by atoms with van der Waals surface area (Å²) in [4.78, 5) is 19.8.